The number of carbonyl (C=O) groups is 3. The Kier molecular flexibility index (Phi) is 3.13. The molecule has 0 radical (unpaired) electrons. The number of imide groups is 1. The van der Waals surface area contributed by atoms with Gasteiger partial charge in [-0.25, -0.2) is 4.90 Å². The summed E-state index contributed by atoms with van der Waals surface area (Å²) < 4.78 is 10.7. The first-order chi connectivity index (χ1) is 11.5. The van der Waals surface area contributed by atoms with Crippen molar-refractivity contribution in [2.24, 2.45) is 11.8 Å². The molecule has 3 aliphatic rings. The van der Waals surface area contributed by atoms with Crippen molar-refractivity contribution in [3.63, 3.8) is 0 Å². The average molecular weight is 329 g/mol. The Morgan fingerprint density at radius 2 is 2.17 bits per heavy atom. The number of aliphatic hydroxyl groups is 1. The monoisotopic (exact) mass is 329 g/mol. The highest BCUT2D eigenvalue weighted by Gasteiger charge is 2.67. The van der Waals surface area contributed by atoms with Crippen molar-refractivity contribution >= 4 is 23.5 Å². The van der Waals surface area contributed by atoms with Gasteiger partial charge in [0, 0.05) is 13.0 Å². The van der Waals surface area contributed by atoms with E-state index in [1.165, 1.54) is 13.0 Å². The zero-order valence-corrected chi connectivity index (χ0v) is 12.8. The number of ether oxygens (including phenoxy) is 2. The fourth-order valence-electron chi connectivity index (χ4n) is 3.79. The standard InChI is InChI=1S/C17H15NO6/c1-9(20)23-11-4-2-3-10(7-11)18-15(21)13-12-5-6-17(8-19,24-12)14(13)16(18)22/h2-7,12-14,19H,8H2,1H3/t12-,13+,14+,17-/m1/s1. The normalized spacial score (nSPS) is 33.2. The first kappa shape index (κ1) is 15.0. The number of rotatable bonds is 3. The lowest BCUT2D eigenvalue weighted by molar-refractivity contribution is -0.132. The summed E-state index contributed by atoms with van der Waals surface area (Å²) in [6.45, 7) is 0.913. The van der Waals surface area contributed by atoms with Crippen LogP contribution >= 0.6 is 0 Å². The van der Waals surface area contributed by atoms with Crippen LogP contribution in [0.1, 0.15) is 6.92 Å². The summed E-state index contributed by atoms with van der Waals surface area (Å²) in [5, 5.41) is 9.68. The van der Waals surface area contributed by atoms with Gasteiger partial charge in [0.1, 0.15) is 11.4 Å². The fourth-order valence-corrected chi connectivity index (χ4v) is 3.79. The maximum atomic E-state index is 12.9. The molecule has 24 heavy (non-hydrogen) atoms. The van der Waals surface area contributed by atoms with Crippen LogP contribution in [0.4, 0.5) is 5.69 Å². The van der Waals surface area contributed by atoms with Gasteiger partial charge in [0.25, 0.3) is 0 Å². The highest BCUT2D eigenvalue weighted by atomic mass is 16.5. The SMILES string of the molecule is CC(=O)Oc1cccc(N2C(=O)[C@@H]3[C@@H](C2=O)[C@]2(CO)C=C[C@H]3O2)c1. The molecular formula is C17H15NO6. The second-order valence-corrected chi connectivity index (χ2v) is 6.16. The van der Waals surface area contributed by atoms with Crippen LogP contribution in [0.15, 0.2) is 36.4 Å². The molecule has 0 spiro atoms. The molecule has 0 aromatic heterocycles. The van der Waals surface area contributed by atoms with Crippen molar-refractivity contribution in [3.8, 4) is 5.75 Å². The maximum absolute atomic E-state index is 12.9. The maximum Gasteiger partial charge on any atom is 0.308 e. The van der Waals surface area contributed by atoms with Gasteiger partial charge in [-0.2, -0.15) is 0 Å². The lowest BCUT2D eigenvalue weighted by atomic mass is 9.77. The number of hydrogen-bond acceptors (Lipinski definition) is 6. The van der Waals surface area contributed by atoms with E-state index in [0.717, 1.165) is 4.90 Å². The lowest BCUT2D eigenvalue weighted by Crippen LogP contribution is -2.43. The summed E-state index contributed by atoms with van der Waals surface area (Å²) in [7, 11) is 0. The largest absolute Gasteiger partial charge is 0.427 e. The number of fused-ring (bicyclic) bond motifs is 5. The van der Waals surface area contributed by atoms with Crippen molar-refractivity contribution in [1.82, 2.24) is 0 Å². The number of carbonyl (C=O) groups excluding carboxylic acids is 3. The third-order valence-electron chi connectivity index (χ3n) is 4.74. The Balaban J connectivity index is 1.71. The highest BCUT2D eigenvalue weighted by Crippen LogP contribution is 2.52. The number of anilines is 1. The second-order valence-electron chi connectivity index (χ2n) is 6.16. The Morgan fingerprint density at radius 1 is 1.38 bits per heavy atom. The third-order valence-corrected chi connectivity index (χ3v) is 4.74. The van der Waals surface area contributed by atoms with Crippen LogP contribution < -0.4 is 9.64 Å². The minimum atomic E-state index is -1.12. The molecule has 7 nitrogen and oxygen atoms in total. The van der Waals surface area contributed by atoms with Crippen LogP contribution in [0, 0.1) is 11.8 Å². The Bertz CT molecular complexity index is 787. The molecule has 124 valence electrons. The number of aliphatic hydroxyl groups excluding tert-OH is 1. The van der Waals surface area contributed by atoms with E-state index >= 15 is 0 Å². The van der Waals surface area contributed by atoms with E-state index in [4.69, 9.17) is 9.47 Å². The molecule has 3 aliphatic heterocycles. The third kappa shape index (κ3) is 1.88. The van der Waals surface area contributed by atoms with Crippen molar-refractivity contribution in [2.75, 3.05) is 11.5 Å². The van der Waals surface area contributed by atoms with Gasteiger partial charge in [-0.1, -0.05) is 18.2 Å². The van der Waals surface area contributed by atoms with Gasteiger partial charge in [-0.15, -0.1) is 0 Å². The molecule has 1 aromatic carbocycles. The van der Waals surface area contributed by atoms with Crippen molar-refractivity contribution in [1.29, 1.82) is 0 Å². The Hall–Kier alpha value is -2.51. The second kappa shape index (κ2) is 4.99. The van der Waals surface area contributed by atoms with E-state index in [1.54, 1.807) is 30.4 Å². The highest BCUT2D eigenvalue weighted by molar-refractivity contribution is 6.23. The van der Waals surface area contributed by atoms with Crippen molar-refractivity contribution in [2.45, 2.75) is 18.6 Å². The number of nitrogens with zero attached hydrogens (tertiary/aromatic N) is 1. The quantitative estimate of drug-likeness (QED) is 0.374. The van der Waals surface area contributed by atoms with Gasteiger partial charge < -0.3 is 14.6 Å². The van der Waals surface area contributed by atoms with Crippen LogP contribution in [0.3, 0.4) is 0 Å². The average Bonchev–Trinajstić information content (AvgIpc) is 3.18. The molecular weight excluding hydrogens is 314 g/mol. The first-order valence-corrected chi connectivity index (χ1v) is 7.61. The molecule has 1 aromatic rings. The number of amides is 2. The topological polar surface area (TPSA) is 93.1 Å². The summed E-state index contributed by atoms with van der Waals surface area (Å²) in [5.74, 6) is -2.38. The van der Waals surface area contributed by atoms with E-state index in [-0.39, 0.29) is 18.3 Å². The van der Waals surface area contributed by atoms with E-state index in [1.807, 2.05) is 0 Å². The predicted octanol–water partition coefficient (Wildman–Crippen LogP) is 0.417. The summed E-state index contributed by atoms with van der Waals surface area (Å²) in [4.78, 5) is 37.8. The minimum Gasteiger partial charge on any atom is -0.427 e. The van der Waals surface area contributed by atoms with E-state index in [9.17, 15) is 19.5 Å². The molecule has 2 saturated heterocycles. The van der Waals surface area contributed by atoms with Crippen LogP contribution in [0.2, 0.25) is 0 Å². The van der Waals surface area contributed by atoms with Crippen molar-refractivity contribution < 1.29 is 29.0 Å². The lowest BCUT2D eigenvalue weighted by Gasteiger charge is -2.26. The molecule has 4 rings (SSSR count). The zero-order valence-electron chi connectivity index (χ0n) is 12.8. The first-order valence-electron chi connectivity index (χ1n) is 7.61. The fraction of sp³-hybridized carbons (Fsp3) is 0.353. The number of benzene rings is 1. The minimum absolute atomic E-state index is 0.256. The van der Waals surface area contributed by atoms with Crippen molar-refractivity contribution in [3.05, 3.63) is 36.4 Å². The van der Waals surface area contributed by atoms with Crippen LogP contribution in [-0.4, -0.2) is 41.2 Å². The zero-order chi connectivity index (χ0) is 17.1. The molecule has 3 heterocycles. The van der Waals surface area contributed by atoms with Gasteiger partial charge in [0.2, 0.25) is 11.8 Å². The molecule has 0 unspecified atom stereocenters. The van der Waals surface area contributed by atoms with Crippen LogP contribution in [-0.2, 0) is 19.1 Å². The van der Waals surface area contributed by atoms with Crippen LogP contribution in [0.25, 0.3) is 0 Å². The van der Waals surface area contributed by atoms with Gasteiger partial charge in [0.05, 0.1) is 30.2 Å². The number of hydrogen-bond donors (Lipinski definition) is 1. The molecule has 4 atom stereocenters. The molecule has 0 aliphatic carbocycles. The van der Waals surface area contributed by atoms with Gasteiger partial charge in [-0.3, -0.25) is 14.4 Å². The summed E-state index contributed by atoms with van der Waals surface area (Å²) in [6, 6.07) is 6.25. The molecule has 1 N–H and O–H groups in total. The summed E-state index contributed by atoms with van der Waals surface area (Å²) >= 11 is 0. The molecule has 7 heteroatoms. The molecule has 2 bridgehead atoms. The summed E-state index contributed by atoms with van der Waals surface area (Å²) in [6.07, 6.45) is 2.89. The molecule has 2 amide bonds. The Morgan fingerprint density at radius 3 is 2.88 bits per heavy atom. The van der Waals surface area contributed by atoms with E-state index in [2.05, 4.69) is 0 Å². The van der Waals surface area contributed by atoms with Crippen LogP contribution in [0.5, 0.6) is 5.75 Å². The Labute approximate surface area is 137 Å². The predicted molar refractivity (Wildman–Crippen MR) is 81.1 cm³/mol. The van der Waals surface area contributed by atoms with Gasteiger partial charge in [0.15, 0.2) is 0 Å². The van der Waals surface area contributed by atoms with E-state index in [0.29, 0.717) is 5.69 Å². The summed E-state index contributed by atoms with van der Waals surface area (Å²) in [5.41, 5.74) is -0.782. The molecule has 0 saturated carbocycles. The van der Waals surface area contributed by atoms with Gasteiger partial charge in [-0.05, 0) is 12.1 Å². The molecule has 2 fully saturated rings. The van der Waals surface area contributed by atoms with E-state index < -0.39 is 35.4 Å². The number of esters is 1. The smallest absolute Gasteiger partial charge is 0.308 e. The van der Waals surface area contributed by atoms with Gasteiger partial charge >= 0.3 is 5.97 Å².